The van der Waals surface area contributed by atoms with Crippen molar-refractivity contribution in [3.63, 3.8) is 0 Å². The van der Waals surface area contributed by atoms with Crippen molar-refractivity contribution < 1.29 is 14.3 Å². The molecule has 0 aliphatic heterocycles. The van der Waals surface area contributed by atoms with E-state index in [-0.39, 0.29) is 5.92 Å². The molecular formula is C25H26O3. The molecule has 1 fully saturated rings. The van der Waals surface area contributed by atoms with Crippen molar-refractivity contribution in [1.29, 1.82) is 0 Å². The van der Waals surface area contributed by atoms with E-state index in [1.54, 1.807) is 7.11 Å². The third-order valence-electron chi connectivity index (χ3n) is 5.93. The Kier molecular flexibility index (Phi) is 5.19. The first-order valence-electron chi connectivity index (χ1n) is 9.88. The molecule has 0 unspecified atom stereocenters. The van der Waals surface area contributed by atoms with Crippen LogP contribution in [-0.4, -0.2) is 12.9 Å². The second kappa shape index (κ2) is 7.76. The van der Waals surface area contributed by atoms with Crippen LogP contribution in [0.15, 0.2) is 66.7 Å². The van der Waals surface area contributed by atoms with Crippen LogP contribution < -0.4 is 4.74 Å². The van der Waals surface area contributed by atoms with Gasteiger partial charge in [-0.3, -0.25) is 4.79 Å². The Morgan fingerprint density at radius 1 is 1.00 bits per heavy atom. The Bertz CT molecular complexity index is 994. The number of fused-ring (bicyclic) bond motifs is 1. The number of hydrogen-bond acceptors (Lipinski definition) is 3. The van der Waals surface area contributed by atoms with Crippen LogP contribution in [0.1, 0.15) is 37.3 Å². The maximum atomic E-state index is 12.0. The molecule has 3 aromatic carbocycles. The van der Waals surface area contributed by atoms with Gasteiger partial charge in [0.05, 0.1) is 5.60 Å². The lowest BCUT2D eigenvalue weighted by Crippen LogP contribution is -2.38. The average Bonchev–Trinajstić information content (AvgIpc) is 2.74. The van der Waals surface area contributed by atoms with Crippen molar-refractivity contribution in [2.75, 3.05) is 7.11 Å². The first kappa shape index (κ1) is 18.7. The van der Waals surface area contributed by atoms with Crippen molar-refractivity contribution in [1.82, 2.24) is 0 Å². The second-order valence-electron chi connectivity index (χ2n) is 7.77. The van der Waals surface area contributed by atoms with Crippen molar-refractivity contribution in [3.05, 3.63) is 77.9 Å². The van der Waals surface area contributed by atoms with Gasteiger partial charge >= 0.3 is 0 Å². The third-order valence-corrected chi connectivity index (χ3v) is 5.93. The molecule has 0 heterocycles. The van der Waals surface area contributed by atoms with E-state index in [1.807, 2.05) is 19.1 Å². The molecule has 1 aliphatic carbocycles. The van der Waals surface area contributed by atoms with Gasteiger partial charge in [0.25, 0.3) is 0 Å². The minimum Gasteiger partial charge on any atom is -0.489 e. The van der Waals surface area contributed by atoms with Crippen molar-refractivity contribution in [2.24, 2.45) is 5.92 Å². The van der Waals surface area contributed by atoms with E-state index in [1.165, 1.54) is 10.8 Å². The Hall–Kier alpha value is -2.65. The SMILES string of the molecule is CO[C@]1(c2cccc(OCc3ccc4ccccc4c3)c2)CCC(=O)[C@H](C)C1. The minimum absolute atomic E-state index is 0.0240. The summed E-state index contributed by atoms with van der Waals surface area (Å²) in [5, 5.41) is 2.45. The quantitative estimate of drug-likeness (QED) is 0.579. The molecule has 3 nitrogen and oxygen atoms in total. The number of methoxy groups -OCH3 is 1. The van der Waals surface area contributed by atoms with Gasteiger partial charge < -0.3 is 9.47 Å². The zero-order valence-electron chi connectivity index (χ0n) is 16.5. The van der Waals surface area contributed by atoms with Gasteiger partial charge in [-0.2, -0.15) is 0 Å². The Balaban J connectivity index is 1.52. The van der Waals surface area contributed by atoms with Crippen LogP contribution >= 0.6 is 0 Å². The summed E-state index contributed by atoms with van der Waals surface area (Å²) in [5.41, 5.74) is 1.82. The lowest BCUT2D eigenvalue weighted by Gasteiger charge is -2.38. The largest absolute Gasteiger partial charge is 0.489 e. The third kappa shape index (κ3) is 3.67. The summed E-state index contributed by atoms with van der Waals surface area (Å²) in [4.78, 5) is 12.0. The number of Topliss-reactive ketones (excluding diaryl/α,β-unsaturated/α-hetero) is 1. The van der Waals surface area contributed by atoms with Gasteiger partial charge in [-0.1, -0.05) is 55.5 Å². The molecule has 4 rings (SSSR count). The summed E-state index contributed by atoms with van der Waals surface area (Å²) in [5.74, 6) is 1.18. The molecular weight excluding hydrogens is 348 g/mol. The Labute approximate surface area is 166 Å². The van der Waals surface area contributed by atoms with Gasteiger partial charge in [-0.05, 0) is 52.9 Å². The highest BCUT2D eigenvalue weighted by Gasteiger charge is 2.40. The maximum absolute atomic E-state index is 12.0. The number of carbonyl (C=O) groups is 1. The van der Waals surface area contributed by atoms with Gasteiger partial charge in [0.2, 0.25) is 0 Å². The fraction of sp³-hybridized carbons (Fsp3) is 0.320. The van der Waals surface area contributed by atoms with Gasteiger partial charge in [-0.25, -0.2) is 0 Å². The molecule has 28 heavy (non-hydrogen) atoms. The van der Waals surface area contributed by atoms with Crippen molar-refractivity contribution in [2.45, 2.75) is 38.4 Å². The van der Waals surface area contributed by atoms with E-state index in [0.717, 1.165) is 29.7 Å². The topological polar surface area (TPSA) is 35.5 Å². The highest BCUT2D eigenvalue weighted by atomic mass is 16.5. The van der Waals surface area contributed by atoms with Crippen LogP contribution in [0.2, 0.25) is 0 Å². The number of ketones is 1. The molecule has 144 valence electrons. The van der Waals surface area contributed by atoms with Gasteiger partial charge in [0.15, 0.2) is 0 Å². The van der Waals surface area contributed by atoms with Crippen LogP contribution in [0.4, 0.5) is 0 Å². The predicted octanol–water partition coefficient (Wildman–Crippen LogP) is 5.65. The molecule has 0 amide bonds. The van der Waals surface area contributed by atoms with Crippen LogP contribution in [0.25, 0.3) is 10.8 Å². The molecule has 1 saturated carbocycles. The number of ether oxygens (including phenoxy) is 2. The number of rotatable bonds is 5. The fourth-order valence-corrected chi connectivity index (χ4v) is 4.21. The lowest BCUT2D eigenvalue weighted by atomic mass is 9.74. The van der Waals surface area contributed by atoms with Crippen LogP contribution in [0.3, 0.4) is 0 Å². The molecule has 0 saturated heterocycles. The average molecular weight is 374 g/mol. The first-order chi connectivity index (χ1) is 13.6. The molecule has 0 radical (unpaired) electrons. The monoisotopic (exact) mass is 374 g/mol. The standard InChI is InChI=1S/C25H26O3/c1-18-16-25(27-2,13-12-24(18)26)22-8-5-9-23(15-22)28-17-19-10-11-20-6-3-4-7-21(20)14-19/h3-11,14-15,18H,12-13,16-17H2,1-2H3/t18-,25-/m1/s1. The number of benzene rings is 3. The lowest BCUT2D eigenvalue weighted by molar-refractivity contribution is -0.134. The summed E-state index contributed by atoms with van der Waals surface area (Å²) >= 11 is 0. The molecule has 2 atom stereocenters. The van der Waals surface area contributed by atoms with Gasteiger partial charge in [0.1, 0.15) is 18.1 Å². The summed E-state index contributed by atoms with van der Waals surface area (Å²) in [6.45, 7) is 2.51. The molecule has 3 heteroatoms. The maximum Gasteiger partial charge on any atom is 0.135 e. The van der Waals surface area contributed by atoms with E-state index >= 15 is 0 Å². The molecule has 0 aromatic heterocycles. The van der Waals surface area contributed by atoms with E-state index in [4.69, 9.17) is 9.47 Å². The second-order valence-corrected chi connectivity index (χ2v) is 7.77. The molecule has 0 spiro atoms. The normalized spacial score (nSPS) is 22.4. The minimum atomic E-state index is -0.407. The van der Waals surface area contributed by atoms with E-state index in [9.17, 15) is 4.79 Å². The summed E-state index contributed by atoms with van der Waals surface area (Å²) < 4.78 is 12.0. The number of hydrogen-bond donors (Lipinski definition) is 0. The Morgan fingerprint density at radius 2 is 1.82 bits per heavy atom. The molecule has 0 N–H and O–H groups in total. The highest BCUT2D eigenvalue weighted by Crippen LogP contribution is 2.42. The zero-order valence-corrected chi connectivity index (χ0v) is 16.5. The molecule has 3 aromatic rings. The van der Waals surface area contributed by atoms with Crippen molar-refractivity contribution in [3.8, 4) is 5.75 Å². The number of carbonyl (C=O) groups excluding carboxylic acids is 1. The van der Waals surface area contributed by atoms with E-state index in [0.29, 0.717) is 18.8 Å². The van der Waals surface area contributed by atoms with Gasteiger partial charge in [-0.15, -0.1) is 0 Å². The highest BCUT2D eigenvalue weighted by molar-refractivity contribution is 5.83. The van der Waals surface area contributed by atoms with Crippen molar-refractivity contribution >= 4 is 16.6 Å². The molecule has 0 bridgehead atoms. The van der Waals surface area contributed by atoms with Crippen LogP contribution in [-0.2, 0) is 21.7 Å². The van der Waals surface area contributed by atoms with E-state index < -0.39 is 5.60 Å². The van der Waals surface area contributed by atoms with E-state index in [2.05, 4.69) is 54.6 Å². The van der Waals surface area contributed by atoms with Crippen LogP contribution in [0.5, 0.6) is 5.75 Å². The molecule has 1 aliphatic rings. The smallest absolute Gasteiger partial charge is 0.135 e. The summed E-state index contributed by atoms with van der Waals surface area (Å²) in [7, 11) is 1.74. The zero-order chi connectivity index (χ0) is 19.6. The van der Waals surface area contributed by atoms with Crippen LogP contribution in [0, 0.1) is 5.92 Å². The Morgan fingerprint density at radius 3 is 2.61 bits per heavy atom. The predicted molar refractivity (Wildman–Crippen MR) is 111 cm³/mol. The first-order valence-corrected chi connectivity index (χ1v) is 9.88. The fourth-order valence-electron chi connectivity index (χ4n) is 4.21. The van der Waals surface area contributed by atoms with Gasteiger partial charge in [0, 0.05) is 19.4 Å². The summed E-state index contributed by atoms with van der Waals surface area (Å²) in [6, 6.07) is 22.9. The summed E-state index contributed by atoms with van der Waals surface area (Å²) in [6.07, 6.45) is 2.01.